The average molecular weight is 530 g/mol. The third-order valence-electron chi connectivity index (χ3n) is 6.93. The van der Waals surface area contributed by atoms with Crippen molar-refractivity contribution in [3.05, 3.63) is 78.2 Å². The molecule has 4 N–H and O–H groups in total. The van der Waals surface area contributed by atoms with Gasteiger partial charge in [0.2, 0.25) is 11.8 Å². The Kier molecular flexibility index (Phi) is 6.11. The maximum absolute atomic E-state index is 14.5. The fraction of sp³-hybridized carbons (Fsp3) is 0.231. The monoisotopic (exact) mass is 529 g/mol. The minimum Gasteiger partial charge on any atom is -0.364 e. The van der Waals surface area contributed by atoms with Gasteiger partial charge in [-0.15, -0.1) is 0 Å². The molecule has 0 bridgehead atoms. The number of rotatable bonds is 6. The van der Waals surface area contributed by atoms with Crippen LogP contribution in [0.25, 0.3) is 22.0 Å². The van der Waals surface area contributed by atoms with Crippen LogP contribution in [0.3, 0.4) is 0 Å². The number of hydrogen-bond donors (Lipinski definition) is 3. The van der Waals surface area contributed by atoms with E-state index >= 15 is 0 Å². The lowest BCUT2D eigenvalue weighted by Crippen LogP contribution is -2.47. The zero-order chi connectivity index (χ0) is 27.1. The van der Waals surface area contributed by atoms with Crippen LogP contribution in [0.2, 0.25) is 0 Å². The maximum Gasteiger partial charge on any atom is 0.269 e. The molecule has 3 amide bonds. The fourth-order valence-electron chi connectivity index (χ4n) is 5.07. The SMILES string of the molecule is NC(=O)c1nn(CC(=O)N2CC(F)CC2C(=O)NC2=C3C=CC=CN3NC2)c2ccc(-c3ccnnc3)cc12. The molecule has 1 fully saturated rings. The summed E-state index contributed by atoms with van der Waals surface area (Å²) in [6.07, 6.45) is 9.06. The number of nitrogens with zero attached hydrogens (tertiary/aromatic N) is 6. The predicted octanol–water partition coefficient (Wildman–Crippen LogP) is 0.763. The third kappa shape index (κ3) is 4.52. The molecule has 3 aromatic rings. The van der Waals surface area contributed by atoms with E-state index in [0.29, 0.717) is 23.1 Å². The number of halogens is 1. The van der Waals surface area contributed by atoms with Gasteiger partial charge in [0, 0.05) is 23.6 Å². The van der Waals surface area contributed by atoms with Crippen LogP contribution in [0.5, 0.6) is 0 Å². The van der Waals surface area contributed by atoms with Gasteiger partial charge in [-0.3, -0.25) is 24.1 Å². The van der Waals surface area contributed by atoms with Crippen molar-refractivity contribution < 1.29 is 18.8 Å². The molecule has 0 aliphatic carbocycles. The molecule has 6 rings (SSSR count). The van der Waals surface area contributed by atoms with E-state index in [1.165, 1.54) is 9.58 Å². The van der Waals surface area contributed by atoms with E-state index in [1.54, 1.807) is 41.7 Å². The molecule has 3 aliphatic rings. The standard InChI is InChI=1S/C26H24FN9O3/c27-17-10-22(26(39)32-19-12-31-35-8-2-1-3-21(19)35)34(13-17)23(37)14-36-20-5-4-15(16-6-7-29-30-11-16)9-18(20)24(33-36)25(28)38/h1-9,11,17,22,31H,10,12-14H2,(H2,28,38)(H,32,39). The molecule has 1 aromatic carbocycles. The first-order valence-electron chi connectivity index (χ1n) is 12.3. The number of likely N-dealkylation sites (tertiary alicyclic amines) is 1. The Labute approximate surface area is 221 Å². The largest absolute Gasteiger partial charge is 0.364 e. The van der Waals surface area contributed by atoms with Crippen molar-refractivity contribution in [1.82, 2.24) is 40.6 Å². The van der Waals surface area contributed by atoms with Crippen molar-refractivity contribution in [2.45, 2.75) is 25.2 Å². The molecule has 5 heterocycles. The fourth-order valence-corrected chi connectivity index (χ4v) is 5.07. The van der Waals surface area contributed by atoms with Crippen molar-refractivity contribution in [2.24, 2.45) is 5.73 Å². The summed E-state index contributed by atoms with van der Waals surface area (Å²) in [5, 5.41) is 17.0. The molecule has 12 nitrogen and oxygen atoms in total. The van der Waals surface area contributed by atoms with E-state index in [-0.39, 0.29) is 25.2 Å². The first-order valence-corrected chi connectivity index (χ1v) is 12.3. The van der Waals surface area contributed by atoms with Crippen LogP contribution in [0.4, 0.5) is 4.39 Å². The van der Waals surface area contributed by atoms with E-state index in [4.69, 9.17) is 5.73 Å². The van der Waals surface area contributed by atoms with Crippen molar-refractivity contribution in [2.75, 3.05) is 13.1 Å². The number of alkyl halides is 1. The lowest BCUT2D eigenvalue weighted by atomic mass is 10.0. The molecule has 2 unspecified atom stereocenters. The van der Waals surface area contributed by atoms with Gasteiger partial charge in [0.15, 0.2) is 5.69 Å². The van der Waals surface area contributed by atoms with Crippen LogP contribution in [-0.4, -0.2) is 72.9 Å². The van der Waals surface area contributed by atoms with Crippen LogP contribution in [0.1, 0.15) is 16.9 Å². The number of allylic oxidation sites excluding steroid dienone is 3. The van der Waals surface area contributed by atoms with Crippen molar-refractivity contribution >= 4 is 28.6 Å². The Morgan fingerprint density at radius 1 is 1.15 bits per heavy atom. The summed E-state index contributed by atoms with van der Waals surface area (Å²) in [6, 6.07) is 6.06. The highest BCUT2D eigenvalue weighted by atomic mass is 19.1. The van der Waals surface area contributed by atoms with E-state index in [9.17, 15) is 18.8 Å². The molecule has 2 aromatic heterocycles. The number of nitrogens with two attached hydrogens (primary N) is 1. The van der Waals surface area contributed by atoms with E-state index in [0.717, 1.165) is 16.8 Å². The number of fused-ring (bicyclic) bond motifs is 2. The van der Waals surface area contributed by atoms with Gasteiger partial charge in [-0.2, -0.15) is 15.3 Å². The van der Waals surface area contributed by atoms with Crippen LogP contribution in [0.15, 0.2) is 72.5 Å². The van der Waals surface area contributed by atoms with Gasteiger partial charge in [-0.1, -0.05) is 12.1 Å². The smallest absolute Gasteiger partial charge is 0.269 e. The number of hydrogen-bond acceptors (Lipinski definition) is 8. The van der Waals surface area contributed by atoms with Gasteiger partial charge < -0.3 is 16.0 Å². The summed E-state index contributed by atoms with van der Waals surface area (Å²) in [5.74, 6) is -1.71. The number of primary amides is 1. The quantitative estimate of drug-likeness (QED) is 0.424. The Morgan fingerprint density at radius 2 is 2.03 bits per heavy atom. The minimum absolute atomic E-state index is 0.00190. The molecular weight excluding hydrogens is 505 g/mol. The second-order valence-electron chi connectivity index (χ2n) is 9.39. The summed E-state index contributed by atoms with van der Waals surface area (Å²) in [5.41, 5.74) is 12.2. The van der Waals surface area contributed by atoms with Crippen molar-refractivity contribution in [3.63, 3.8) is 0 Å². The number of aromatic nitrogens is 4. The maximum atomic E-state index is 14.5. The molecule has 0 radical (unpaired) electrons. The number of benzene rings is 1. The summed E-state index contributed by atoms with van der Waals surface area (Å²) in [6.45, 7) is -0.119. The number of nitrogens with one attached hydrogen (secondary N) is 2. The molecule has 198 valence electrons. The summed E-state index contributed by atoms with van der Waals surface area (Å²) >= 11 is 0. The third-order valence-corrected chi connectivity index (χ3v) is 6.93. The molecule has 0 spiro atoms. The minimum atomic E-state index is -1.34. The van der Waals surface area contributed by atoms with Gasteiger partial charge in [-0.25, -0.2) is 9.82 Å². The first-order chi connectivity index (χ1) is 18.9. The number of carbonyl (C=O) groups is 3. The number of carbonyl (C=O) groups excluding carboxylic acids is 3. The molecule has 1 saturated heterocycles. The zero-order valence-corrected chi connectivity index (χ0v) is 20.6. The van der Waals surface area contributed by atoms with Crippen LogP contribution >= 0.6 is 0 Å². The number of hydrazine groups is 1. The molecule has 2 atom stereocenters. The van der Waals surface area contributed by atoms with Crippen molar-refractivity contribution in [3.8, 4) is 11.1 Å². The summed E-state index contributed by atoms with van der Waals surface area (Å²) in [7, 11) is 0. The average Bonchev–Trinajstić information content (AvgIpc) is 3.64. The second-order valence-corrected chi connectivity index (χ2v) is 9.39. The van der Waals surface area contributed by atoms with Crippen LogP contribution in [-0.2, 0) is 16.1 Å². The van der Waals surface area contributed by atoms with Gasteiger partial charge in [0.1, 0.15) is 18.8 Å². The van der Waals surface area contributed by atoms with Gasteiger partial charge in [0.25, 0.3) is 5.91 Å². The predicted molar refractivity (Wildman–Crippen MR) is 138 cm³/mol. The van der Waals surface area contributed by atoms with Gasteiger partial charge in [0.05, 0.1) is 42.4 Å². The highest BCUT2D eigenvalue weighted by Gasteiger charge is 2.40. The number of amides is 3. The molecule has 39 heavy (non-hydrogen) atoms. The van der Waals surface area contributed by atoms with E-state index in [2.05, 4.69) is 26.0 Å². The highest BCUT2D eigenvalue weighted by Crippen LogP contribution is 2.28. The van der Waals surface area contributed by atoms with Crippen molar-refractivity contribution in [1.29, 1.82) is 0 Å². The Balaban J connectivity index is 1.24. The van der Waals surface area contributed by atoms with E-state index in [1.807, 2.05) is 24.4 Å². The van der Waals surface area contributed by atoms with E-state index < -0.39 is 29.9 Å². The Morgan fingerprint density at radius 3 is 2.82 bits per heavy atom. The lowest BCUT2D eigenvalue weighted by Gasteiger charge is -2.24. The Hall–Kier alpha value is -4.91. The molecular formula is C26H24FN9O3. The normalized spacial score (nSPS) is 20.1. The summed E-state index contributed by atoms with van der Waals surface area (Å²) in [4.78, 5) is 40.0. The molecule has 0 saturated carbocycles. The highest BCUT2D eigenvalue weighted by molar-refractivity contribution is 6.05. The molecule has 13 heteroatoms. The Bertz CT molecular complexity index is 1580. The van der Waals surface area contributed by atoms with Gasteiger partial charge >= 0.3 is 0 Å². The van der Waals surface area contributed by atoms with Crippen LogP contribution < -0.4 is 16.5 Å². The van der Waals surface area contributed by atoms with Crippen LogP contribution in [0, 0.1) is 0 Å². The summed E-state index contributed by atoms with van der Waals surface area (Å²) < 4.78 is 15.9. The second kappa shape index (κ2) is 9.76. The lowest BCUT2D eigenvalue weighted by molar-refractivity contribution is -0.138. The molecule has 3 aliphatic heterocycles. The first kappa shape index (κ1) is 24.4. The zero-order valence-electron chi connectivity index (χ0n) is 20.6. The topological polar surface area (TPSA) is 151 Å². The van der Waals surface area contributed by atoms with Gasteiger partial charge in [-0.05, 0) is 35.9 Å².